The number of rotatable bonds is 5. The molecule has 0 bridgehead atoms. The van der Waals surface area contributed by atoms with E-state index in [4.69, 9.17) is 0 Å². The van der Waals surface area contributed by atoms with Crippen molar-refractivity contribution in [1.29, 1.82) is 0 Å². The largest absolute Gasteiger partial charge is 0.347 e. The van der Waals surface area contributed by atoms with Gasteiger partial charge in [-0.05, 0) is 36.8 Å². The fourth-order valence-electron chi connectivity index (χ4n) is 1.82. The van der Waals surface area contributed by atoms with Crippen molar-refractivity contribution in [2.45, 2.75) is 27.3 Å². The molecule has 1 aromatic heterocycles. The number of anilines is 1. The zero-order valence-electron chi connectivity index (χ0n) is 13.0. The third-order valence-corrected chi connectivity index (χ3v) is 4.16. The van der Waals surface area contributed by atoms with Crippen LogP contribution in [0.25, 0.3) is 0 Å². The minimum Gasteiger partial charge on any atom is -0.347 e. The van der Waals surface area contributed by atoms with E-state index < -0.39 is 0 Å². The first-order chi connectivity index (χ1) is 10.5. The van der Waals surface area contributed by atoms with Crippen molar-refractivity contribution in [3.8, 4) is 0 Å². The standard InChI is InChI=1S/C17H20N2O2S/c1-11(2)16(20)19-14-7-5-13(6-8-14)10-18-17(21)15-9-4-12(3)22-15/h4-9,11H,10H2,1-3H3,(H,18,21)(H,19,20). The van der Waals surface area contributed by atoms with Gasteiger partial charge in [0.1, 0.15) is 0 Å². The molecule has 0 aliphatic heterocycles. The van der Waals surface area contributed by atoms with Gasteiger partial charge >= 0.3 is 0 Å². The minimum absolute atomic E-state index is 0.00545. The highest BCUT2D eigenvalue weighted by Crippen LogP contribution is 2.15. The van der Waals surface area contributed by atoms with Crippen LogP contribution in [-0.2, 0) is 11.3 Å². The molecule has 1 aromatic carbocycles. The van der Waals surface area contributed by atoms with Crippen LogP contribution in [0.1, 0.15) is 34.0 Å². The second-order valence-corrected chi connectivity index (χ2v) is 6.72. The van der Waals surface area contributed by atoms with Gasteiger partial charge in [0, 0.05) is 23.0 Å². The van der Waals surface area contributed by atoms with Crippen LogP contribution in [0.5, 0.6) is 0 Å². The van der Waals surface area contributed by atoms with Crippen molar-refractivity contribution in [2.24, 2.45) is 5.92 Å². The maximum absolute atomic E-state index is 12.0. The summed E-state index contributed by atoms with van der Waals surface area (Å²) in [5.74, 6) is -0.113. The number of aryl methyl sites for hydroxylation is 1. The highest BCUT2D eigenvalue weighted by Gasteiger charge is 2.08. The lowest BCUT2D eigenvalue weighted by Gasteiger charge is -2.09. The van der Waals surface area contributed by atoms with E-state index in [1.807, 2.05) is 57.2 Å². The molecule has 2 rings (SSSR count). The molecule has 0 aliphatic rings. The summed E-state index contributed by atoms with van der Waals surface area (Å²) >= 11 is 1.48. The molecule has 1 heterocycles. The molecule has 5 heteroatoms. The van der Waals surface area contributed by atoms with Crippen molar-refractivity contribution in [3.05, 3.63) is 51.7 Å². The molecule has 0 atom stereocenters. The fourth-order valence-corrected chi connectivity index (χ4v) is 2.60. The van der Waals surface area contributed by atoms with E-state index >= 15 is 0 Å². The third-order valence-electron chi connectivity index (χ3n) is 3.16. The van der Waals surface area contributed by atoms with Gasteiger partial charge in [0.15, 0.2) is 0 Å². The Balaban J connectivity index is 1.89. The first-order valence-electron chi connectivity index (χ1n) is 7.20. The number of hydrogen-bond acceptors (Lipinski definition) is 3. The quantitative estimate of drug-likeness (QED) is 0.886. The molecule has 0 spiro atoms. The Morgan fingerprint density at radius 3 is 2.32 bits per heavy atom. The smallest absolute Gasteiger partial charge is 0.261 e. The van der Waals surface area contributed by atoms with Gasteiger partial charge in [0.05, 0.1) is 4.88 Å². The molecule has 0 saturated heterocycles. The van der Waals surface area contributed by atoms with Crippen LogP contribution in [0.15, 0.2) is 36.4 Å². The lowest BCUT2D eigenvalue weighted by Crippen LogP contribution is -2.21. The summed E-state index contributed by atoms with van der Waals surface area (Å²) in [5.41, 5.74) is 1.76. The van der Waals surface area contributed by atoms with Gasteiger partial charge in [-0.3, -0.25) is 9.59 Å². The van der Waals surface area contributed by atoms with Crippen molar-refractivity contribution in [1.82, 2.24) is 5.32 Å². The minimum atomic E-state index is -0.0599. The summed E-state index contributed by atoms with van der Waals surface area (Å²) in [6.45, 7) is 6.15. The number of amides is 2. The third kappa shape index (κ3) is 4.43. The van der Waals surface area contributed by atoms with Gasteiger partial charge in [-0.1, -0.05) is 26.0 Å². The molecule has 0 fully saturated rings. The highest BCUT2D eigenvalue weighted by atomic mass is 32.1. The van der Waals surface area contributed by atoms with Gasteiger partial charge in [-0.15, -0.1) is 11.3 Å². The Labute approximate surface area is 134 Å². The van der Waals surface area contributed by atoms with Crippen molar-refractivity contribution in [2.75, 3.05) is 5.32 Å². The predicted octanol–water partition coefficient (Wildman–Crippen LogP) is 3.58. The fraction of sp³-hybridized carbons (Fsp3) is 0.294. The number of carbonyl (C=O) groups excluding carboxylic acids is 2. The maximum atomic E-state index is 12.0. The van der Waals surface area contributed by atoms with E-state index in [0.717, 1.165) is 21.0 Å². The summed E-state index contributed by atoms with van der Waals surface area (Å²) in [4.78, 5) is 25.4. The van der Waals surface area contributed by atoms with Gasteiger partial charge in [0.2, 0.25) is 5.91 Å². The molecule has 4 nitrogen and oxygen atoms in total. The van der Waals surface area contributed by atoms with Crippen molar-refractivity contribution in [3.63, 3.8) is 0 Å². The lowest BCUT2D eigenvalue weighted by atomic mass is 10.1. The SMILES string of the molecule is Cc1ccc(C(=O)NCc2ccc(NC(=O)C(C)C)cc2)s1. The Bertz CT molecular complexity index is 660. The van der Waals surface area contributed by atoms with Crippen LogP contribution in [0.3, 0.4) is 0 Å². The molecule has 22 heavy (non-hydrogen) atoms. The molecule has 2 aromatic rings. The number of hydrogen-bond donors (Lipinski definition) is 2. The van der Waals surface area contributed by atoms with Crippen LogP contribution in [0.2, 0.25) is 0 Å². The van der Waals surface area contributed by atoms with Crippen LogP contribution in [0.4, 0.5) is 5.69 Å². The molecular weight excluding hydrogens is 296 g/mol. The molecule has 0 saturated carbocycles. The predicted molar refractivity (Wildman–Crippen MR) is 90.1 cm³/mol. The molecule has 0 radical (unpaired) electrons. The van der Waals surface area contributed by atoms with Crippen molar-refractivity contribution < 1.29 is 9.59 Å². The van der Waals surface area contributed by atoms with Crippen LogP contribution >= 0.6 is 11.3 Å². The van der Waals surface area contributed by atoms with E-state index in [-0.39, 0.29) is 17.7 Å². The summed E-state index contributed by atoms with van der Waals surface area (Å²) in [7, 11) is 0. The Hall–Kier alpha value is -2.14. The van der Waals surface area contributed by atoms with E-state index in [9.17, 15) is 9.59 Å². The highest BCUT2D eigenvalue weighted by molar-refractivity contribution is 7.13. The Kier molecular flexibility index (Phi) is 5.33. The van der Waals surface area contributed by atoms with Crippen LogP contribution in [-0.4, -0.2) is 11.8 Å². The molecular formula is C17H20N2O2S. The monoisotopic (exact) mass is 316 g/mol. The van der Waals surface area contributed by atoms with E-state index in [2.05, 4.69) is 10.6 Å². The first-order valence-corrected chi connectivity index (χ1v) is 8.02. The summed E-state index contributed by atoms with van der Waals surface area (Å²) in [5, 5.41) is 5.73. The number of thiophene rings is 1. The molecule has 2 N–H and O–H groups in total. The van der Waals surface area contributed by atoms with Crippen molar-refractivity contribution >= 4 is 28.8 Å². The average molecular weight is 316 g/mol. The zero-order chi connectivity index (χ0) is 16.1. The van der Waals surface area contributed by atoms with Crippen LogP contribution < -0.4 is 10.6 Å². The summed E-state index contributed by atoms with van der Waals surface area (Å²) in [6.07, 6.45) is 0. The molecule has 116 valence electrons. The van der Waals surface area contributed by atoms with Gasteiger partial charge < -0.3 is 10.6 Å². The van der Waals surface area contributed by atoms with Gasteiger partial charge in [-0.25, -0.2) is 0 Å². The molecule has 0 unspecified atom stereocenters. The second-order valence-electron chi connectivity index (χ2n) is 5.43. The average Bonchev–Trinajstić information content (AvgIpc) is 2.92. The topological polar surface area (TPSA) is 58.2 Å². The van der Waals surface area contributed by atoms with Gasteiger partial charge in [-0.2, -0.15) is 0 Å². The van der Waals surface area contributed by atoms with E-state index in [1.54, 1.807) is 0 Å². The lowest BCUT2D eigenvalue weighted by molar-refractivity contribution is -0.118. The normalized spacial score (nSPS) is 10.5. The summed E-state index contributed by atoms with van der Waals surface area (Å²) in [6, 6.07) is 11.3. The summed E-state index contributed by atoms with van der Waals surface area (Å²) < 4.78 is 0. The maximum Gasteiger partial charge on any atom is 0.261 e. The number of carbonyl (C=O) groups is 2. The second kappa shape index (κ2) is 7.22. The van der Waals surface area contributed by atoms with E-state index in [0.29, 0.717) is 6.54 Å². The Morgan fingerprint density at radius 1 is 1.09 bits per heavy atom. The van der Waals surface area contributed by atoms with Crippen LogP contribution in [0, 0.1) is 12.8 Å². The molecule has 0 aliphatic carbocycles. The van der Waals surface area contributed by atoms with Gasteiger partial charge in [0.25, 0.3) is 5.91 Å². The van der Waals surface area contributed by atoms with E-state index in [1.165, 1.54) is 11.3 Å². The zero-order valence-corrected chi connectivity index (χ0v) is 13.8. The molecule has 2 amide bonds. The number of benzene rings is 1. The Morgan fingerprint density at radius 2 is 1.77 bits per heavy atom. The first kappa shape index (κ1) is 16.2. The number of nitrogens with one attached hydrogen (secondary N) is 2.